The summed E-state index contributed by atoms with van der Waals surface area (Å²) >= 11 is 0. The van der Waals surface area contributed by atoms with Gasteiger partial charge in [-0.15, -0.1) is 0 Å². The highest BCUT2D eigenvalue weighted by atomic mass is 16.8. The summed E-state index contributed by atoms with van der Waals surface area (Å²) in [4.78, 5) is 72.5. The topological polar surface area (TPSA) is 173 Å². The van der Waals surface area contributed by atoms with Crippen LogP contribution in [0.3, 0.4) is 0 Å². The van der Waals surface area contributed by atoms with Gasteiger partial charge in [-0.3, -0.25) is 29.4 Å². The highest BCUT2D eigenvalue weighted by molar-refractivity contribution is 6.00. The van der Waals surface area contributed by atoms with E-state index in [9.17, 15) is 28.8 Å². The Morgan fingerprint density at radius 3 is 2.19 bits per heavy atom. The van der Waals surface area contributed by atoms with Gasteiger partial charge in [0.15, 0.2) is 30.6 Å². The van der Waals surface area contributed by atoms with E-state index >= 15 is 0 Å². The van der Waals surface area contributed by atoms with Gasteiger partial charge in [0, 0.05) is 20.8 Å². The van der Waals surface area contributed by atoms with Crippen molar-refractivity contribution in [3.63, 3.8) is 0 Å². The normalized spacial score (nSPS) is 37.2. The van der Waals surface area contributed by atoms with Gasteiger partial charge < -0.3 is 28.4 Å². The molecule has 0 spiro atoms. The van der Waals surface area contributed by atoms with Crippen molar-refractivity contribution in [2.75, 3.05) is 6.61 Å². The lowest BCUT2D eigenvalue weighted by molar-refractivity contribution is -0.187. The first kappa shape index (κ1) is 21.8. The minimum Gasteiger partial charge on any atom is -0.463 e. The van der Waals surface area contributed by atoms with Gasteiger partial charge in [-0.1, -0.05) is 0 Å². The van der Waals surface area contributed by atoms with Crippen LogP contribution < -0.4 is 5.32 Å². The Bertz CT molecular complexity index is 889. The van der Waals surface area contributed by atoms with E-state index in [1.54, 1.807) is 0 Å². The summed E-state index contributed by atoms with van der Waals surface area (Å²) in [7, 11) is 0. The molecule has 1 N–H and O–H groups in total. The molecule has 32 heavy (non-hydrogen) atoms. The van der Waals surface area contributed by atoms with Gasteiger partial charge in [-0.05, 0) is 0 Å². The average Bonchev–Trinajstić information content (AvgIpc) is 3.15. The molecule has 14 nitrogen and oxygen atoms in total. The second-order valence-corrected chi connectivity index (χ2v) is 7.65. The molecule has 0 aromatic rings. The van der Waals surface area contributed by atoms with Gasteiger partial charge in [0.1, 0.15) is 18.6 Å². The van der Waals surface area contributed by atoms with Crippen LogP contribution in [0.1, 0.15) is 20.8 Å². The number of ether oxygens (including phenoxy) is 6. The number of amides is 3. The fourth-order valence-electron chi connectivity index (χ4n) is 4.41. The molecular formula is C18H20N2O12. The average molecular weight is 456 g/mol. The Labute approximate surface area is 180 Å². The van der Waals surface area contributed by atoms with Gasteiger partial charge >= 0.3 is 30.1 Å². The van der Waals surface area contributed by atoms with E-state index in [4.69, 9.17) is 28.4 Å². The van der Waals surface area contributed by atoms with Crippen molar-refractivity contribution in [1.29, 1.82) is 0 Å². The van der Waals surface area contributed by atoms with Crippen molar-refractivity contribution in [3.8, 4) is 0 Å². The molecule has 4 rings (SSSR count). The highest BCUT2D eigenvalue weighted by Crippen LogP contribution is 2.46. The molecule has 3 aliphatic heterocycles. The first-order valence-electron chi connectivity index (χ1n) is 9.72. The number of fused-ring (bicyclic) bond motifs is 4. The number of carbonyl (C=O) groups excluding carboxylic acids is 6. The molecule has 0 aromatic carbocycles. The molecule has 1 aliphatic carbocycles. The van der Waals surface area contributed by atoms with Crippen molar-refractivity contribution in [3.05, 3.63) is 0 Å². The smallest absolute Gasteiger partial charge is 0.463 e. The van der Waals surface area contributed by atoms with Gasteiger partial charge in [0.25, 0.3) is 0 Å². The molecule has 4 aliphatic rings. The number of carbonyl (C=O) groups is 6. The highest BCUT2D eigenvalue weighted by Gasteiger charge is 2.70. The maximum Gasteiger partial charge on any atom is 0.509 e. The Balaban J connectivity index is 1.67. The second-order valence-electron chi connectivity index (χ2n) is 7.65. The predicted octanol–water partition coefficient (Wildman–Crippen LogP) is -1.41. The van der Waals surface area contributed by atoms with Gasteiger partial charge in [0.2, 0.25) is 5.91 Å². The molecule has 174 valence electrons. The maximum absolute atomic E-state index is 12.8. The number of hydrogen-bond acceptors (Lipinski definition) is 12. The summed E-state index contributed by atoms with van der Waals surface area (Å²) in [6.45, 7) is 3.02. The van der Waals surface area contributed by atoms with E-state index < -0.39 is 84.7 Å². The molecule has 8 atom stereocenters. The zero-order chi connectivity index (χ0) is 23.3. The number of hydrogen-bond donors (Lipinski definition) is 1. The summed E-state index contributed by atoms with van der Waals surface area (Å²) in [5.41, 5.74) is 0. The molecule has 3 heterocycles. The quantitative estimate of drug-likeness (QED) is 0.379. The summed E-state index contributed by atoms with van der Waals surface area (Å²) < 4.78 is 31.5. The van der Waals surface area contributed by atoms with Crippen molar-refractivity contribution in [1.82, 2.24) is 10.2 Å². The predicted molar refractivity (Wildman–Crippen MR) is 94.2 cm³/mol. The van der Waals surface area contributed by atoms with Crippen LogP contribution in [0.5, 0.6) is 0 Å². The van der Waals surface area contributed by atoms with Crippen LogP contribution in [0.15, 0.2) is 0 Å². The lowest BCUT2D eigenvalue weighted by atomic mass is 9.71. The van der Waals surface area contributed by atoms with Crippen molar-refractivity contribution in [2.24, 2.45) is 5.92 Å². The Kier molecular flexibility index (Phi) is 5.40. The summed E-state index contributed by atoms with van der Waals surface area (Å²) in [6.07, 6.45) is -7.83. The van der Waals surface area contributed by atoms with Crippen LogP contribution in [-0.4, -0.2) is 90.3 Å². The first-order valence-corrected chi connectivity index (χ1v) is 9.72. The van der Waals surface area contributed by atoms with E-state index in [2.05, 4.69) is 5.32 Å². The molecular weight excluding hydrogens is 436 g/mol. The zero-order valence-corrected chi connectivity index (χ0v) is 17.2. The summed E-state index contributed by atoms with van der Waals surface area (Å²) in [5, 5.41) is 2.15. The lowest BCUT2D eigenvalue weighted by Gasteiger charge is -2.52. The third-order valence-corrected chi connectivity index (χ3v) is 5.55. The molecule has 3 amide bonds. The van der Waals surface area contributed by atoms with Crippen LogP contribution in [0.4, 0.5) is 9.59 Å². The van der Waals surface area contributed by atoms with Crippen LogP contribution in [0.25, 0.3) is 0 Å². The maximum atomic E-state index is 12.8. The van der Waals surface area contributed by atoms with E-state index in [0.29, 0.717) is 0 Å². The van der Waals surface area contributed by atoms with Gasteiger partial charge in [-0.2, -0.15) is 0 Å². The fourth-order valence-corrected chi connectivity index (χ4v) is 4.41. The van der Waals surface area contributed by atoms with Crippen molar-refractivity contribution in [2.45, 2.75) is 63.6 Å². The minimum atomic E-state index is -1.36. The standard InChI is InChI=1S/C18H20N2O12/c1-5(21)27-4-8-11(28-6(2)22)14(29-7(3)23)16(30-8)20-10-9(15(24)19-17(20)25)12-13(10)32-18(26)31-12/h8-14,16H,4H2,1-3H3,(H,19,24,25)/t8-,9-,10+,11-,12+,13+,14-,16+/m0/s1. The van der Waals surface area contributed by atoms with Crippen LogP contribution in [0, 0.1) is 5.92 Å². The molecule has 3 saturated heterocycles. The largest absolute Gasteiger partial charge is 0.509 e. The van der Waals surface area contributed by atoms with Gasteiger partial charge in [0.05, 0.1) is 6.04 Å². The fraction of sp³-hybridized carbons (Fsp3) is 0.667. The third kappa shape index (κ3) is 3.59. The zero-order valence-electron chi connectivity index (χ0n) is 17.2. The molecule has 14 heteroatoms. The van der Waals surface area contributed by atoms with Crippen LogP contribution in [0.2, 0.25) is 0 Å². The third-order valence-electron chi connectivity index (χ3n) is 5.55. The Morgan fingerprint density at radius 2 is 1.56 bits per heavy atom. The molecule has 4 fully saturated rings. The van der Waals surface area contributed by atoms with Crippen molar-refractivity contribution < 1.29 is 57.2 Å². The minimum absolute atomic E-state index is 0.367. The number of nitrogens with one attached hydrogen (secondary N) is 1. The van der Waals surface area contributed by atoms with Gasteiger partial charge in [-0.25, -0.2) is 9.59 Å². The van der Waals surface area contributed by atoms with E-state index in [0.717, 1.165) is 25.7 Å². The second kappa shape index (κ2) is 7.93. The van der Waals surface area contributed by atoms with Crippen LogP contribution >= 0.6 is 0 Å². The number of urea groups is 1. The number of nitrogens with zero attached hydrogens (tertiary/aromatic N) is 1. The Morgan fingerprint density at radius 1 is 0.938 bits per heavy atom. The molecule has 0 bridgehead atoms. The van der Waals surface area contributed by atoms with E-state index in [-0.39, 0.29) is 6.61 Å². The molecule has 0 unspecified atom stereocenters. The first-order chi connectivity index (χ1) is 15.1. The molecule has 0 aromatic heterocycles. The number of imide groups is 1. The SMILES string of the molecule is CC(=O)OC[C@@H]1O[C@@H](N2C(=O)NC(=O)[C@@H]3[C@H]4OC(=O)O[C@@H]4[C@@H]32)[C@@H](OC(C)=O)[C@H]1OC(C)=O. The summed E-state index contributed by atoms with van der Waals surface area (Å²) in [5.74, 6) is -3.74. The Hall–Kier alpha value is -3.42. The number of esters is 3. The van der Waals surface area contributed by atoms with Crippen molar-refractivity contribution >= 4 is 36.0 Å². The van der Waals surface area contributed by atoms with E-state index in [1.165, 1.54) is 0 Å². The number of rotatable bonds is 5. The van der Waals surface area contributed by atoms with Crippen LogP contribution in [-0.2, 0) is 47.6 Å². The monoisotopic (exact) mass is 456 g/mol. The summed E-state index contributed by atoms with van der Waals surface area (Å²) in [6, 6.07) is -1.87. The van der Waals surface area contributed by atoms with E-state index in [1.807, 2.05) is 0 Å². The molecule has 0 radical (unpaired) electrons. The molecule has 1 saturated carbocycles. The lowest BCUT2D eigenvalue weighted by Crippen LogP contribution is -2.77.